The van der Waals surface area contributed by atoms with Crippen molar-refractivity contribution in [3.63, 3.8) is 0 Å². The van der Waals surface area contributed by atoms with Crippen molar-refractivity contribution in [2.75, 3.05) is 26.7 Å². The molecule has 1 atom stereocenters. The van der Waals surface area contributed by atoms with Crippen LogP contribution in [0.15, 0.2) is 73.1 Å². The highest BCUT2D eigenvalue weighted by Gasteiger charge is 2.21. The summed E-state index contributed by atoms with van der Waals surface area (Å²) in [6, 6.07) is 17.7. The maximum Gasteiger partial charge on any atom is 0.251 e. The molecule has 2 aromatic carbocycles. The second kappa shape index (κ2) is 11.0. The number of aliphatic hydroxyl groups excluding tert-OH is 1. The standard InChI is InChI=1S/C27H30N4O3/c1-31-15-11-24(12-16-31)29-27(34)23-4-2-3-22(17-23)25(18-32)30-26(33)21-7-5-19(6-8-21)20-9-13-28-14-10-20/h2-10,13-14,17,24-25,32H,11-12,15-16,18H2,1H3,(H,29,34)(H,30,33)/t25-/m1/s1. The normalized spacial score (nSPS) is 15.5. The second-order valence-electron chi connectivity index (χ2n) is 8.70. The molecule has 1 saturated heterocycles. The summed E-state index contributed by atoms with van der Waals surface area (Å²) in [7, 11) is 2.08. The topological polar surface area (TPSA) is 94.6 Å². The van der Waals surface area contributed by atoms with Crippen LogP contribution in [0, 0.1) is 0 Å². The molecular formula is C27H30N4O3. The van der Waals surface area contributed by atoms with Crippen molar-refractivity contribution in [3.05, 3.63) is 89.7 Å². The maximum absolute atomic E-state index is 12.8. The predicted octanol–water partition coefficient (Wildman–Crippen LogP) is 3.04. The van der Waals surface area contributed by atoms with Crippen LogP contribution in [0.1, 0.15) is 45.2 Å². The molecule has 1 aliphatic rings. The summed E-state index contributed by atoms with van der Waals surface area (Å²) in [5, 5.41) is 15.9. The molecule has 0 saturated carbocycles. The minimum absolute atomic E-state index is 0.133. The van der Waals surface area contributed by atoms with Crippen LogP contribution >= 0.6 is 0 Å². The molecule has 0 bridgehead atoms. The molecule has 1 aliphatic heterocycles. The molecular weight excluding hydrogens is 428 g/mol. The van der Waals surface area contributed by atoms with E-state index in [0.29, 0.717) is 16.7 Å². The summed E-state index contributed by atoms with van der Waals surface area (Å²) in [5.74, 6) is -0.423. The predicted molar refractivity (Wildman–Crippen MR) is 131 cm³/mol. The van der Waals surface area contributed by atoms with Crippen LogP contribution in [-0.2, 0) is 0 Å². The molecule has 3 N–H and O–H groups in total. The molecule has 176 valence electrons. The number of rotatable bonds is 7. The number of aliphatic hydroxyl groups is 1. The summed E-state index contributed by atoms with van der Waals surface area (Å²) >= 11 is 0. The van der Waals surface area contributed by atoms with E-state index in [1.54, 1.807) is 48.8 Å². The van der Waals surface area contributed by atoms with Crippen LogP contribution in [0.4, 0.5) is 0 Å². The van der Waals surface area contributed by atoms with Gasteiger partial charge in [-0.15, -0.1) is 0 Å². The number of nitrogens with zero attached hydrogens (tertiary/aromatic N) is 2. The first-order valence-electron chi connectivity index (χ1n) is 11.5. The molecule has 2 heterocycles. The summed E-state index contributed by atoms with van der Waals surface area (Å²) in [4.78, 5) is 31.9. The number of carbonyl (C=O) groups excluding carboxylic acids is 2. The summed E-state index contributed by atoms with van der Waals surface area (Å²) in [6.45, 7) is 1.65. The van der Waals surface area contributed by atoms with Crippen LogP contribution in [0.2, 0.25) is 0 Å². The first kappa shape index (κ1) is 23.6. The van der Waals surface area contributed by atoms with E-state index < -0.39 is 6.04 Å². The molecule has 2 amide bonds. The molecule has 0 unspecified atom stereocenters. The monoisotopic (exact) mass is 458 g/mol. The van der Waals surface area contributed by atoms with Gasteiger partial charge >= 0.3 is 0 Å². The zero-order valence-electron chi connectivity index (χ0n) is 19.3. The number of pyridine rings is 1. The lowest BCUT2D eigenvalue weighted by Crippen LogP contribution is -2.43. The lowest BCUT2D eigenvalue weighted by Gasteiger charge is -2.29. The Morgan fingerprint density at radius 3 is 2.32 bits per heavy atom. The van der Waals surface area contributed by atoms with E-state index >= 15 is 0 Å². The van der Waals surface area contributed by atoms with E-state index in [1.807, 2.05) is 24.3 Å². The van der Waals surface area contributed by atoms with E-state index in [1.165, 1.54) is 0 Å². The lowest BCUT2D eigenvalue weighted by molar-refractivity contribution is 0.0912. The van der Waals surface area contributed by atoms with Crippen LogP contribution in [0.25, 0.3) is 11.1 Å². The van der Waals surface area contributed by atoms with Gasteiger partial charge in [0.05, 0.1) is 12.6 Å². The van der Waals surface area contributed by atoms with Crippen molar-refractivity contribution in [2.24, 2.45) is 0 Å². The zero-order valence-corrected chi connectivity index (χ0v) is 19.3. The van der Waals surface area contributed by atoms with Gasteiger partial charge in [0.15, 0.2) is 0 Å². The van der Waals surface area contributed by atoms with Crippen molar-refractivity contribution in [1.82, 2.24) is 20.5 Å². The Bertz CT molecular complexity index is 1110. The molecule has 3 aromatic rings. The number of carbonyl (C=O) groups is 2. The fourth-order valence-corrected chi connectivity index (χ4v) is 4.15. The third kappa shape index (κ3) is 5.87. The Morgan fingerprint density at radius 2 is 1.65 bits per heavy atom. The highest BCUT2D eigenvalue weighted by molar-refractivity contribution is 5.96. The third-order valence-electron chi connectivity index (χ3n) is 6.25. The Balaban J connectivity index is 1.41. The second-order valence-corrected chi connectivity index (χ2v) is 8.70. The van der Waals surface area contributed by atoms with Gasteiger partial charge in [0.2, 0.25) is 0 Å². The molecule has 1 fully saturated rings. The highest BCUT2D eigenvalue weighted by Crippen LogP contribution is 2.20. The molecule has 1 aromatic heterocycles. The average Bonchev–Trinajstić information content (AvgIpc) is 2.89. The lowest BCUT2D eigenvalue weighted by atomic mass is 10.0. The number of piperidine rings is 1. The number of aromatic nitrogens is 1. The van der Waals surface area contributed by atoms with Crippen molar-refractivity contribution in [3.8, 4) is 11.1 Å². The van der Waals surface area contributed by atoms with Gasteiger partial charge in [-0.05, 0) is 86.1 Å². The van der Waals surface area contributed by atoms with Gasteiger partial charge in [0.1, 0.15) is 0 Å². The summed E-state index contributed by atoms with van der Waals surface area (Å²) in [6.07, 6.45) is 5.31. The van der Waals surface area contributed by atoms with Crippen LogP contribution < -0.4 is 10.6 Å². The maximum atomic E-state index is 12.8. The molecule has 0 radical (unpaired) electrons. The Kier molecular flexibility index (Phi) is 7.67. The number of amides is 2. The number of likely N-dealkylation sites (tertiary alicyclic amines) is 1. The highest BCUT2D eigenvalue weighted by atomic mass is 16.3. The van der Waals surface area contributed by atoms with Crippen molar-refractivity contribution in [1.29, 1.82) is 0 Å². The molecule has 34 heavy (non-hydrogen) atoms. The molecule has 0 spiro atoms. The van der Waals surface area contributed by atoms with Crippen molar-refractivity contribution < 1.29 is 14.7 Å². The SMILES string of the molecule is CN1CCC(NC(=O)c2cccc([C@@H](CO)NC(=O)c3ccc(-c4ccncc4)cc3)c2)CC1. The number of hydrogen-bond donors (Lipinski definition) is 3. The molecule has 7 nitrogen and oxygen atoms in total. The first-order valence-corrected chi connectivity index (χ1v) is 11.5. The fourth-order valence-electron chi connectivity index (χ4n) is 4.15. The first-order chi connectivity index (χ1) is 16.5. The van der Waals surface area contributed by atoms with Crippen molar-refractivity contribution >= 4 is 11.8 Å². The number of nitrogens with one attached hydrogen (secondary N) is 2. The van der Waals surface area contributed by atoms with Gasteiger partial charge in [-0.3, -0.25) is 14.6 Å². The number of benzene rings is 2. The Hall–Kier alpha value is -3.55. The van der Waals surface area contributed by atoms with Gasteiger partial charge in [-0.2, -0.15) is 0 Å². The fraction of sp³-hybridized carbons (Fsp3) is 0.296. The van der Waals surface area contributed by atoms with Crippen LogP contribution in [0.5, 0.6) is 0 Å². The Labute approximate surface area is 199 Å². The minimum atomic E-state index is -0.622. The largest absolute Gasteiger partial charge is 0.394 e. The molecule has 7 heteroatoms. The molecule has 0 aliphatic carbocycles. The number of hydrogen-bond acceptors (Lipinski definition) is 5. The Morgan fingerprint density at radius 1 is 0.971 bits per heavy atom. The van der Waals surface area contributed by atoms with E-state index in [0.717, 1.165) is 37.1 Å². The smallest absolute Gasteiger partial charge is 0.251 e. The summed E-state index contributed by atoms with van der Waals surface area (Å²) in [5.41, 5.74) is 3.70. The van der Waals surface area contributed by atoms with E-state index in [4.69, 9.17) is 0 Å². The third-order valence-corrected chi connectivity index (χ3v) is 6.25. The summed E-state index contributed by atoms with van der Waals surface area (Å²) < 4.78 is 0. The zero-order chi connectivity index (χ0) is 23.9. The van der Waals surface area contributed by atoms with Crippen LogP contribution in [-0.4, -0.2) is 59.6 Å². The molecule has 4 rings (SSSR count). The van der Waals surface area contributed by atoms with E-state index in [9.17, 15) is 14.7 Å². The van der Waals surface area contributed by atoms with Crippen LogP contribution in [0.3, 0.4) is 0 Å². The quantitative estimate of drug-likeness (QED) is 0.506. The van der Waals surface area contributed by atoms with Gasteiger partial charge in [0.25, 0.3) is 11.8 Å². The average molecular weight is 459 g/mol. The minimum Gasteiger partial charge on any atom is -0.394 e. The van der Waals surface area contributed by atoms with Gasteiger partial charge < -0.3 is 20.6 Å². The van der Waals surface area contributed by atoms with Gasteiger partial charge in [-0.25, -0.2) is 0 Å². The van der Waals surface area contributed by atoms with E-state index in [2.05, 4.69) is 27.6 Å². The van der Waals surface area contributed by atoms with Crippen molar-refractivity contribution in [2.45, 2.75) is 24.9 Å². The van der Waals surface area contributed by atoms with E-state index in [-0.39, 0.29) is 24.5 Å². The van der Waals surface area contributed by atoms with Gasteiger partial charge in [0, 0.05) is 29.6 Å². The van der Waals surface area contributed by atoms with Gasteiger partial charge in [-0.1, -0.05) is 24.3 Å².